The molecule has 0 fully saturated rings. The van der Waals surface area contributed by atoms with Crippen molar-refractivity contribution in [3.8, 4) is 0 Å². The van der Waals surface area contributed by atoms with Crippen molar-refractivity contribution in [1.29, 1.82) is 0 Å². The first kappa shape index (κ1) is 16.5. The minimum Gasteiger partial charge on any atom is -0.389 e. The predicted octanol–water partition coefficient (Wildman–Crippen LogP) is 2.25. The van der Waals surface area contributed by atoms with Crippen LogP contribution < -0.4 is 0 Å². The first-order chi connectivity index (χ1) is 9.13. The van der Waals surface area contributed by atoms with Crippen LogP contribution in [0.2, 0.25) is 0 Å². The first-order valence-corrected chi connectivity index (χ1v) is 8.01. The molecule has 0 heterocycles. The molecule has 0 spiro atoms. The van der Waals surface area contributed by atoms with Crippen LogP contribution >= 0.6 is 11.8 Å². The number of aliphatic hydroxyl groups excluding tert-OH is 1. The van der Waals surface area contributed by atoms with Crippen LogP contribution in [0, 0.1) is 0 Å². The first-order valence-electron chi connectivity index (χ1n) is 6.62. The summed E-state index contributed by atoms with van der Waals surface area (Å²) in [4.78, 5) is 2.17. The van der Waals surface area contributed by atoms with E-state index >= 15 is 0 Å². The maximum Gasteiger partial charge on any atom is 0.0900 e. The minimum absolute atomic E-state index is 0.380. The minimum atomic E-state index is -0.432. The number of rotatable bonds is 9. The molecule has 3 nitrogen and oxygen atoms in total. The third-order valence-corrected chi connectivity index (χ3v) is 3.90. The van der Waals surface area contributed by atoms with Crippen molar-refractivity contribution in [2.24, 2.45) is 0 Å². The van der Waals surface area contributed by atoms with Crippen molar-refractivity contribution in [2.75, 3.05) is 32.2 Å². The summed E-state index contributed by atoms with van der Waals surface area (Å²) in [6.07, 6.45) is 1.67. The Labute approximate surface area is 121 Å². The van der Waals surface area contributed by atoms with Gasteiger partial charge in [0.15, 0.2) is 0 Å². The molecule has 1 aromatic rings. The van der Waals surface area contributed by atoms with E-state index in [1.165, 1.54) is 0 Å². The second-order valence-corrected chi connectivity index (χ2v) is 5.81. The number of ether oxygens (including phenoxy) is 1. The molecule has 1 aromatic carbocycles. The number of hydrogen-bond acceptors (Lipinski definition) is 4. The van der Waals surface area contributed by atoms with Crippen LogP contribution in [0.25, 0.3) is 0 Å². The SMILES string of the molecule is CSCC(C)N(C)CC(O)COCc1ccccc1. The summed E-state index contributed by atoms with van der Waals surface area (Å²) in [5.41, 5.74) is 1.14. The Morgan fingerprint density at radius 3 is 2.63 bits per heavy atom. The normalized spacial score (nSPS) is 14.6. The molecule has 0 aromatic heterocycles. The lowest BCUT2D eigenvalue weighted by Gasteiger charge is -2.26. The van der Waals surface area contributed by atoms with Gasteiger partial charge < -0.3 is 14.7 Å². The zero-order valence-corrected chi connectivity index (χ0v) is 12.9. The average molecular weight is 283 g/mol. The van der Waals surface area contributed by atoms with Crippen molar-refractivity contribution in [3.05, 3.63) is 35.9 Å². The summed E-state index contributed by atoms with van der Waals surface area (Å²) in [5.74, 6) is 1.08. The quantitative estimate of drug-likeness (QED) is 0.753. The Hall–Kier alpha value is -0.550. The summed E-state index contributed by atoms with van der Waals surface area (Å²) in [5, 5.41) is 9.94. The molecule has 2 unspecified atom stereocenters. The maximum atomic E-state index is 9.94. The fourth-order valence-electron chi connectivity index (χ4n) is 1.82. The lowest BCUT2D eigenvalue weighted by Crippen LogP contribution is -2.38. The molecule has 1 N–H and O–H groups in total. The van der Waals surface area contributed by atoms with Crippen molar-refractivity contribution in [1.82, 2.24) is 4.90 Å². The molecule has 0 bridgehead atoms. The number of aliphatic hydroxyl groups is 1. The van der Waals surface area contributed by atoms with E-state index in [0.717, 1.165) is 11.3 Å². The molecular weight excluding hydrogens is 258 g/mol. The van der Waals surface area contributed by atoms with E-state index < -0.39 is 6.10 Å². The highest BCUT2D eigenvalue weighted by Gasteiger charge is 2.13. The van der Waals surface area contributed by atoms with Crippen LogP contribution in [0.5, 0.6) is 0 Å². The highest BCUT2D eigenvalue weighted by Crippen LogP contribution is 2.05. The van der Waals surface area contributed by atoms with E-state index in [1.54, 1.807) is 0 Å². The molecule has 19 heavy (non-hydrogen) atoms. The van der Waals surface area contributed by atoms with E-state index in [0.29, 0.717) is 25.8 Å². The van der Waals surface area contributed by atoms with Crippen LogP contribution in [0.1, 0.15) is 12.5 Å². The van der Waals surface area contributed by atoms with Gasteiger partial charge in [-0.15, -0.1) is 0 Å². The zero-order chi connectivity index (χ0) is 14.1. The highest BCUT2D eigenvalue weighted by molar-refractivity contribution is 7.98. The van der Waals surface area contributed by atoms with Gasteiger partial charge in [0.05, 0.1) is 19.3 Å². The van der Waals surface area contributed by atoms with Crippen LogP contribution in [0.15, 0.2) is 30.3 Å². The Morgan fingerprint density at radius 1 is 1.32 bits per heavy atom. The van der Waals surface area contributed by atoms with Gasteiger partial charge in [-0.05, 0) is 25.8 Å². The lowest BCUT2D eigenvalue weighted by molar-refractivity contribution is 0.00999. The molecule has 0 saturated heterocycles. The number of likely N-dealkylation sites (N-methyl/N-ethyl adjacent to an activating group) is 1. The van der Waals surface area contributed by atoms with Gasteiger partial charge in [-0.2, -0.15) is 11.8 Å². The van der Waals surface area contributed by atoms with Crippen LogP contribution in [-0.2, 0) is 11.3 Å². The fourth-order valence-corrected chi connectivity index (χ4v) is 2.56. The van der Waals surface area contributed by atoms with Crippen LogP contribution in [-0.4, -0.2) is 54.4 Å². The Balaban J connectivity index is 2.19. The number of benzene rings is 1. The van der Waals surface area contributed by atoms with Crippen LogP contribution in [0.4, 0.5) is 0 Å². The lowest BCUT2D eigenvalue weighted by atomic mass is 10.2. The molecule has 4 heteroatoms. The van der Waals surface area contributed by atoms with E-state index in [4.69, 9.17) is 4.74 Å². The largest absolute Gasteiger partial charge is 0.389 e. The van der Waals surface area contributed by atoms with Crippen molar-refractivity contribution in [3.63, 3.8) is 0 Å². The molecule has 0 aliphatic rings. The van der Waals surface area contributed by atoms with Gasteiger partial charge in [-0.25, -0.2) is 0 Å². The molecule has 2 atom stereocenters. The third kappa shape index (κ3) is 6.97. The van der Waals surface area contributed by atoms with Gasteiger partial charge in [0.2, 0.25) is 0 Å². The van der Waals surface area contributed by atoms with Gasteiger partial charge in [0.1, 0.15) is 0 Å². The van der Waals surface area contributed by atoms with Gasteiger partial charge in [-0.3, -0.25) is 0 Å². The molecule has 0 aliphatic carbocycles. The topological polar surface area (TPSA) is 32.7 Å². The third-order valence-electron chi connectivity index (χ3n) is 3.08. The molecular formula is C15H25NO2S. The second kappa shape index (κ2) is 9.37. The molecule has 0 amide bonds. The molecule has 0 aliphatic heterocycles. The van der Waals surface area contributed by atoms with Gasteiger partial charge in [0.25, 0.3) is 0 Å². The summed E-state index contributed by atoms with van der Waals surface area (Å²) in [7, 11) is 2.04. The van der Waals surface area contributed by atoms with Crippen molar-refractivity contribution >= 4 is 11.8 Å². The number of hydrogen-bond donors (Lipinski definition) is 1. The van der Waals surface area contributed by atoms with E-state index in [9.17, 15) is 5.11 Å². The Kier molecular flexibility index (Phi) is 8.14. The van der Waals surface area contributed by atoms with E-state index in [-0.39, 0.29) is 0 Å². The van der Waals surface area contributed by atoms with Crippen molar-refractivity contribution < 1.29 is 9.84 Å². The second-order valence-electron chi connectivity index (χ2n) is 4.90. The van der Waals surface area contributed by atoms with Gasteiger partial charge >= 0.3 is 0 Å². The number of thioether (sulfide) groups is 1. The number of nitrogens with zero attached hydrogens (tertiary/aromatic N) is 1. The van der Waals surface area contributed by atoms with Crippen molar-refractivity contribution in [2.45, 2.75) is 25.7 Å². The maximum absolute atomic E-state index is 9.94. The van der Waals surface area contributed by atoms with Gasteiger partial charge in [0, 0.05) is 18.3 Å². The Bertz CT molecular complexity index is 334. The average Bonchev–Trinajstić information content (AvgIpc) is 2.40. The Morgan fingerprint density at radius 2 is 2.00 bits per heavy atom. The monoisotopic (exact) mass is 283 g/mol. The molecule has 108 valence electrons. The summed E-state index contributed by atoms with van der Waals surface area (Å²) >= 11 is 1.83. The highest BCUT2D eigenvalue weighted by atomic mass is 32.2. The standard InChI is InChI=1S/C15H25NO2S/c1-13(12-19-3)16(2)9-15(17)11-18-10-14-7-5-4-6-8-14/h4-8,13,15,17H,9-12H2,1-3H3. The van der Waals surface area contributed by atoms with E-state index in [1.807, 2.05) is 49.1 Å². The summed E-state index contributed by atoms with van der Waals surface area (Å²) < 4.78 is 5.54. The zero-order valence-electron chi connectivity index (χ0n) is 12.1. The predicted molar refractivity (Wildman–Crippen MR) is 82.6 cm³/mol. The van der Waals surface area contributed by atoms with Crippen LogP contribution in [0.3, 0.4) is 0 Å². The van der Waals surface area contributed by atoms with E-state index in [2.05, 4.69) is 18.1 Å². The molecule has 0 radical (unpaired) electrons. The summed E-state index contributed by atoms with van der Waals surface area (Å²) in [6, 6.07) is 10.5. The fraction of sp³-hybridized carbons (Fsp3) is 0.600. The summed E-state index contributed by atoms with van der Waals surface area (Å²) in [6.45, 7) is 3.76. The molecule has 0 saturated carbocycles. The molecule has 1 rings (SSSR count). The smallest absolute Gasteiger partial charge is 0.0900 e. The van der Waals surface area contributed by atoms with Gasteiger partial charge in [-0.1, -0.05) is 30.3 Å².